The van der Waals surface area contributed by atoms with Crippen molar-refractivity contribution in [3.05, 3.63) is 75.0 Å². The number of halogens is 1. The zero-order valence-corrected chi connectivity index (χ0v) is 14.8. The monoisotopic (exact) mass is 353 g/mol. The van der Waals surface area contributed by atoms with Gasteiger partial charge in [0.1, 0.15) is 11.6 Å². The van der Waals surface area contributed by atoms with Crippen molar-refractivity contribution in [2.45, 2.75) is 33.4 Å². The molecule has 0 fully saturated rings. The molecule has 6 nitrogen and oxygen atoms in total. The van der Waals surface area contributed by atoms with Crippen LogP contribution >= 0.6 is 0 Å². The fourth-order valence-corrected chi connectivity index (χ4v) is 3.42. The molecule has 0 aliphatic carbocycles. The number of hydrogen-bond donors (Lipinski definition) is 1. The van der Waals surface area contributed by atoms with Gasteiger partial charge in [0.15, 0.2) is 0 Å². The van der Waals surface area contributed by atoms with Crippen LogP contribution in [0.25, 0.3) is 5.69 Å². The van der Waals surface area contributed by atoms with E-state index in [0.717, 1.165) is 41.2 Å². The van der Waals surface area contributed by atoms with Crippen LogP contribution in [0.2, 0.25) is 0 Å². The van der Waals surface area contributed by atoms with Gasteiger partial charge in [-0.15, -0.1) is 0 Å². The Morgan fingerprint density at radius 1 is 1.23 bits per heavy atom. The van der Waals surface area contributed by atoms with Gasteiger partial charge in [-0.2, -0.15) is 5.10 Å². The van der Waals surface area contributed by atoms with Crippen LogP contribution in [0.5, 0.6) is 0 Å². The van der Waals surface area contributed by atoms with E-state index in [1.165, 1.54) is 12.1 Å². The molecule has 0 saturated heterocycles. The molecule has 0 unspecified atom stereocenters. The van der Waals surface area contributed by atoms with Gasteiger partial charge in [-0.3, -0.25) is 9.69 Å². The number of H-pyrrole nitrogens is 1. The van der Waals surface area contributed by atoms with E-state index in [0.29, 0.717) is 18.9 Å². The van der Waals surface area contributed by atoms with E-state index in [1.807, 2.05) is 17.8 Å². The number of rotatable bonds is 3. The molecule has 0 saturated carbocycles. The molecule has 1 aliphatic heterocycles. The van der Waals surface area contributed by atoms with Crippen molar-refractivity contribution in [1.29, 1.82) is 0 Å². The van der Waals surface area contributed by atoms with Gasteiger partial charge in [0.05, 0.1) is 23.1 Å². The number of hydrogen-bond acceptors (Lipinski definition) is 4. The van der Waals surface area contributed by atoms with Gasteiger partial charge in [-0.05, 0) is 38.1 Å². The third kappa shape index (κ3) is 3.06. The number of fused-ring (bicyclic) bond motifs is 1. The Labute approximate surface area is 150 Å². The lowest BCUT2D eigenvalue weighted by Crippen LogP contribution is -2.35. The second-order valence-electron chi connectivity index (χ2n) is 6.68. The van der Waals surface area contributed by atoms with Crippen LogP contribution in [0.1, 0.15) is 28.3 Å². The molecular weight excluding hydrogens is 333 g/mol. The van der Waals surface area contributed by atoms with Crippen LogP contribution in [0.15, 0.2) is 35.3 Å². The topological polar surface area (TPSA) is 66.8 Å². The Kier molecular flexibility index (Phi) is 4.16. The van der Waals surface area contributed by atoms with Gasteiger partial charge in [-0.25, -0.2) is 14.1 Å². The number of aromatic amines is 1. The maximum Gasteiger partial charge on any atom is 0.255 e. The Balaban J connectivity index is 1.55. The van der Waals surface area contributed by atoms with E-state index in [1.54, 1.807) is 19.1 Å². The van der Waals surface area contributed by atoms with E-state index < -0.39 is 0 Å². The minimum absolute atomic E-state index is 0.0454. The molecule has 0 spiro atoms. The normalized spacial score (nSPS) is 14.4. The quantitative estimate of drug-likeness (QED) is 0.784. The van der Waals surface area contributed by atoms with Crippen molar-refractivity contribution in [3.8, 4) is 5.69 Å². The fourth-order valence-electron chi connectivity index (χ4n) is 3.42. The zero-order chi connectivity index (χ0) is 18.3. The summed E-state index contributed by atoms with van der Waals surface area (Å²) < 4.78 is 14.9. The van der Waals surface area contributed by atoms with Crippen molar-refractivity contribution in [1.82, 2.24) is 24.6 Å². The molecule has 0 radical (unpaired) electrons. The average Bonchev–Trinajstić information content (AvgIpc) is 2.97. The van der Waals surface area contributed by atoms with Gasteiger partial charge in [-0.1, -0.05) is 0 Å². The van der Waals surface area contributed by atoms with E-state index in [9.17, 15) is 9.18 Å². The minimum atomic E-state index is -0.264. The van der Waals surface area contributed by atoms with Gasteiger partial charge >= 0.3 is 0 Å². The lowest BCUT2D eigenvalue weighted by atomic mass is 10.1. The average molecular weight is 353 g/mol. The summed E-state index contributed by atoms with van der Waals surface area (Å²) in [4.78, 5) is 21.7. The summed E-state index contributed by atoms with van der Waals surface area (Å²) in [5.41, 5.74) is 4.55. The summed E-state index contributed by atoms with van der Waals surface area (Å²) in [6.07, 6.45) is 2.61. The predicted octanol–water partition coefficient (Wildman–Crippen LogP) is 2.27. The minimum Gasteiger partial charge on any atom is -0.310 e. The summed E-state index contributed by atoms with van der Waals surface area (Å²) in [7, 11) is 0. The first kappa shape index (κ1) is 16.7. The second-order valence-corrected chi connectivity index (χ2v) is 6.68. The van der Waals surface area contributed by atoms with E-state index in [2.05, 4.69) is 20.0 Å². The van der Waals surface area contributed by atoms with Crippen LogP contribution in [0, 0.1) is 19.7 Å². The maximum absolute atomic E-state index is 13.1. The van der Waals surface area contributed by atoms with Crippen molar-refractivity contribution in [2.75, 3.05) is 6.54 Å². The number of aryl methyl sites for hydroxylation is 1. The van der Waals surface area contributed by atoms with Crippen LogP contribution in [0.4, 0.5) is 4.39 Å². The molecule has 7 heteroatoms. The summed E-state index contributed by atoms with van der Waals surface area (Å²) in [5, 5.41) is 4.44. The molecular formula is C19H20FN5O. The largest absolute Gasteiger partial charge is 0.310 e. The number of benzene rings is 1. The highest BCUT2D eigenvalue weighted by molar-refractivity contribution is 5.35. The lowest BCUT2D eigenvalue weighted by Gasteiger charge is -2.27. The van der Waals surface area contributed by atoms with Gasteiger partial charge in [0, 0.05) is 37.3 Å². The van der Waals surface area contributed by atoms with Crippen LogP contribution < -0.4 is 5.56 Å². The summed E-state index contributed by atoms with van der Waals surface area (Å²) in [6.45, 7) is 5.95. The fraction of sp³-hybridized carbons (Fsp3) is 0.316. The van der Waals surface area contributed by atoms with Crippen LogP contribution in [-0.2, 0) is 19.5 Å². The first-order chi connectivity index (χ1) is 12.5. The molecule has 1 aromatic carbocycles. The molecule has 0 bridgehead atoms. The Hall–Kier alpha value is -2.80. The highest BCUT2D eigenvalue weighted by atomic mass is 19.1. The Bertz CT molecular complexity index is 1010. The van der Waals surface area contributed by atoms with E-state index >= 15 is 0 Å². The van der Waals surface area contributed by atoms with Crippen molar-refractivity contribution >= 4 is 0 Å². The van der Waals surface area contributed by atoms with Crippen LogP contribution in [-0.4, -0.2) is 31.2 Å². The SMILES string of the molecule is Cc1nc2c(c(=O)[nH]1)CN(Cc1cnn(-c3ccc(F)cc3)c1C)CC2. The number of nitrogens with one attached hydrogen (secondary N) is 1. The molecule has 26 heavy (non-hydrogen) atoms. The molecule has 4 rings (SSSR count). The molecule has 0 amide bonds. The van der Waals surface area contributed by atoms with Crippen LogP contribution in [0.3, 0.4) is 0 Å². The van der Waals surface area contributed by atoms with Crippen molar-refractivity contribution < 1.29 is 4.39 Å². The molecule has 0 atom stereocenters. The van der Waals surface area contributed by atoms with Gasteiger partial charge in [0.25, 0.3) is 5.56 Å². The van der Waals surface area contributed by atoms with Gasteiger partial charge in [0.2, 0.25) is 0 Å². The van der Waals surface area contributed by atoms with Crippen molar-refractivity contribution in [2.24, 2.45) is 0 Å². The highest BCUT2D eigenvalue weighted by Gasteiger charge is 2.22. The van der Waals surface area contributed by atoms with E-state index in [4.69, 9.17) is 0 Å². The molecule has 134 valence electrons. The third-order valence-electron chi connectivity index (χ3n) is 4.84. The smallest absolute Gasteiger partial charge is 0.255 e. The summed E-state index contributed by atoms with van der Waals surface area (Å²) in [5.74, 6) is 0.401. The Morgan fingerprint density at radius 2 is 2.00 bits per heavy atom. The Morgan fingerprint density at radius 3 is 2.77 bits per heavy atom. The summed E-state index contributed by atoms with van der Waals surface area (Å²) >= 11 is 0. The second kappa shape index (κ2) is 6.49. The molecule has 3 aromatic rings. The zero-order valence-electron chi connectivity index (χ0n) is 14.8. The molecule has 2 aromatic heterocycles. The first-order valence-corrected chi connectivity index (χ1v) is 8.62. The highest BCUT2D eigenvalue weighted by Crippen LogP contribution is 2.20. The van der Waals surface area contributed by atoms with Crippen molar-refractivity contribution in [3.63, 3.8) is 0 Å². The summed E-state index contributed by atoms with van der Waals surface area (Å²) in [6, 6.07) is 6.28. The molecule has 1 N–H and O–H groups in total. The molecule has 3 heterocycles. The lowest BCUT2D eigenvalue weighted by molar-refractivity contribution is 0.241. The first-order valence-electron chi connectivity index (χ1n) is 8.62. The third-order valence-corrected chi connectivity index (χ3v) is 4.84. The van der Waals surface area contributed by atoms with Gasteiger partial charge < -0.3 is 4.98 Å². The predicted molar refractivity (Wildman–Crippen MR) is 95.7 cm³/mol. The maximum atomic E-state index is 13.1. The number of nitrogens with zero attached hydrogens (tertiary/aromatic N) is 4. The number of aromatic nitrogens is 4. The standard InChI is InChI=1S/C19H20FN5O/c1-12-14(9-21-25(12)16-5-3-15(20)4-6-16)10-24-8-7-18-17(11-24)19(26)23-13(2)22-18/h3-6,9H,7-8,10-11H2,1-2H3,(H,22,23,26). The van der Waals surface area contributed by atoms with E-state index in [-0.39, 0.29) is 11.4 Å². The molecule has 1 aliphatic rings.